The molecular formula is C30H28N8O2. The predicted molar refractivity (Wildman–Crippen MR) is 155 cm³/mol. The molecule has 40 heavy (non-hydrogen) atoms. The standard InChI is InChI=1S/C30H28N8O2/c39-29(31-23-11-15-27(16-12-23)35-33-25-7-3-1-4-8-25)37-19-21-38(22-20-37)30(40)32-24-13-17-28(18-14-24)36-34-26-9-5-2-6-10-26/h1-18H,19-22H2,(H,31,39)(H,32,40). The first-order chi connectivity index (χ1) is 19.6. The van der Waals surface area contributed by atoms with Crippen LogP contribution in [-0.4, -0.2) is 48.0 Å². The molecule has 10 nitrogen and oxygen atoms in total. The number of carbonyl (C=O) groups is 2. The molecule has 0 bridgehead atoms. The van der Waals surface area contributed by atoms with Gasteiger partial charge in [-0.15, -0.1) is 0 Å². The van der Waals surface area contributed by atoms with Crippen LogP contribution >= 0.6 is 0 Å². The molecule has 0 aliphatic carbocycles. The van der Waals surface area contributed by atoms with Gasteiger partial charge in [0, 0.05) is 37.6 Å². The van der Waals surface area contributed by atoms with Crippen LogP contribution in [0, 0.1) is 0 Å². The fourth-order valence-corrected chi connectivity index (χ4v) is 3.96. The molecule has 4 amide bonds. The smallest absolute Gasteiger partial charge is 0.321 e. The molecule has 0 saturated carbocycles. The predicted octanol–water partition coefficient (Wildman–Crippen LogP) is 7.90. The van der Waals surface area contributed by atoms with E-state index in [1.165, 1.54) is 0 Å². The van der Waals surface area contributed by atoms with Crippen molar-refractivity contribution in [2.75, 3.05) is 36.8 Å². The SMILES string of the molecule is O=C(Nc1ccc(N=Nc2ccccc2)cc1)N1CCN(C(=O)Nc2ccc(N=Nc3ccccc3)cc2)CC1. The highest BCUT2D eigenvalue weighted by Gasteiger charge is 2.24. The van der Waals surface area contributed by atoms with E-state index in [2.05, 4.69) is 31.1 Å². The summed E-state index contributed by atoms with van der Waals surface area (Å²) in [6, 6.07) is 32.9. The Balaban J connectivity index is 1.06. The topological polar surface area (TPSA) is 114 Å². The average molecular weight is 533 g/mol. The number of hydrogen-bond donors (Lipinski definition) is 2. The van der Waals surface area contributed by atoms with Gasteiger partial charge < -0.3 is 20.4 Å². The van der Waals surface area contributed by atoms with Crippen LogP contribution in [0.4, 0.5) is 43.7 Å². The summed E-state index contributed by atoms with van der Waals surface area (Å²) in [7, 11) is 0. The van der Waals surface area contributed by atoms with E-state index in [1.807, 2.05) is 60.7 Å². The molecule has 0 atom stereocenters. The Morgan fingerprint density at radius 1 is 0.450 bits per heavy atom. The summed E-state index contributed by atoms with van der Waals surface area (Å²) in [5.74, 6) is 0. The minimum Gasteiger partial charge on any atom is -0.321 e. The Hall–Kier alpha value is -5.38. The number of urea groups is 2. The fraction of sp³-hybridized carbons (Fsp3) is 0.133. The number of amides is 4. The zero-order chi connectivity index (χ0) is 27.6. The molecule has 0 radical (unpaired) electrons. The quantitative estimate of drug-likeness (QED) is 0.246. The van der Waals surface area contributed by atoms with Crippen LogP contribution < -0.4 is 10.6 Å². The van der Waals surface area contributed by atoms with E-state index >= 15 is 0 Å². The van der Waals surface area contributed by atoms with Crippen molar-refractivity contribution < 1.29 is 9.59 Å². The second-order valence-corrected chi connectivity index (χ2v) is 9.00. The van der Waals surface area contributed by atoms with Crippen LogP contribution in [0.25, 0.3) is 0 Å². The molecule has 2 N–H and O–H groups in total. The maximum absolute atomic E-state index is 12.7. The largest absolute Gasteiger partial charge is 0.321 e. The zero-order valence-electron chi connectivity index (χ0n) is 21.7. The first kappa shape index (κ1) is 26.2. The van der Waals surface area contributed by atoms with Crippen LogP contribution in [0.5, 0.6) is 0 Å². The Morgan fingerprint density at radius 3 is 1.07 bits per heavy atom. The summed E-state index contributed by atoms with van der Waals surface area (Å²) >= 11 is 0. The number of nitrogens with one attached hydrogen (secondary N) is 2. The fourth-order valence-electron chi connectivity index (χ4n) is 3.96. The van der Waals surface area contributed by atoms with Crippen molar-refractivity contribution in [1.29, 1.82) is 0 Å². The van der Waals surface area contributed by atoms with Gasteiger partial charge in [-0.1, -0.05) is 36.4 Å². The number of nitrogens with zero attached hydrogens (tertiary/aromatic N) is 6. The van der Waals surface area contributed by atoms with E-state index in [0.29, 0.717) is 48.9 Å². The molecule has 0 aromatic heterocycles. The highest BCUT2D eigenvalue weighted by atomic mass is 16.2. The van der Waals surface area contributed by atoms with Gasteiger partial charge in [0.25, 0.3) is 0 Å². The minimum absolute atomic E-state index is 0.209. The van der Waals surface area contributed by atoms with Crippen molar-refractivity contribution in [2.24, 2.45) is 20.5 Å². The van der Waals surface area contributed by atoms with Crippen LogP contribution in [0.1, 0.15) is 0 Å². The van der Waals surface area contributed by atoms with Crippen molar-refractivity contribution >= 4 is 46.2 Å². The third kappa shape index (κ3) is 7.35. The highest BCUT2D eigenvalue weighted by molar-refractivity contribution is 5.91. The molecule has 1 aliphatic heterocycles. The summed E-state index contributed by atoms with van der Waals surface area (Å²) in [6.45, 7) is 1.73. The van der Waals surface area contributed by atoms with Crippen LogP contribution in [-0.2, 0) is 0 Å². The first-order valence-electron chi connectivity index (χ1n) is 12.9. The third-order valence-corrected chi connectivity index (χ3v) is 6.17. The van der Waals surface area contributed by atoms with E-state index in [1.54, 1.807) is 58.3 Å². The van der Waals surface area contributed by atoms with Gasteiger partial charge in [-0.05, 0) is 72.8 Å². The number of azo groups is 2. The molecule has 0 spiro atoms. The molecule has 200 valence electrons. The van der Waals surface area contributed by atoms with Crippen molar-refractivity contribution in [3.05, 3.63) is 109 Å². The summed E-state index contributed by atoms with van der Waals surface area (Å²) in [5, 5.41) is 22.6. The Bertz CT molecular complexity index is 1350. The van der Waals surface area contributed by atoms with E-state index < -0.39 is 0 Å². The molecule has 1 fully saturated rings. The molecule has 1 aliphatic rings. The number of hydrogen-bond acceptors (Lipinski definition) is 6. The van der Waals surface area contributed by atoms with Crippen LogP contribution in [0.3, 0.4) is 0 Å². The van der Waals surface area contributed by atoms with E-state index in [-0.39, 0.29) is 12.1 Å². The molecule has 0 unspecified atom stereocenters. The van der Waals surface area contributed by atoms with E-state index in [4.69, 9.17) is 0 Å². The lowest BCUT2D eigenvalue weighted by atomic mass is 10.3. The number of piperazine rings is 1. The lowest BCUT2D eigenvalue weighted by molar-refractivity contribution is 0.156. The summed E-state index contributed by atoms with van der Waals surface area (Å²) in [6.07, 6.45) is 0. The maximum Gasteiger partial charge on any atom is 0.321 e. The van der Waals surface area contributed by atoms with Crippen molar-refractivity contribution in [3.63, 3.8) is 0 Å². The molecule has 4 aromatic rings. The van der Waals surface area contributed by atoms with Crippen molar-refractivity contribution in [2.45, 2.75) is 0 Å². The molecule has 1 saturated heterocycles. The number of rotatable bonds is 6. The zero-order valence-corrected chi connectivity index (χ0v) is 21.7. The average Bonchev–Trinajstić information content (AvgIpc) is 3.01. The minimum atomic E-state index is -0.209. The highest BCUT2D eigenvalue weighted by Crippen LogP contribution is 2.22. The molecule has 4 aromatic carbocycles. The van der Waals surface area contributed by atoms with Crippen molar-refractivity contribution in [3.8, 4) is 0 Å². The van der Waals surface area contributed by atoms with Crippen LogP contribution in [0.15, 0.2) is 130 Å². The van der Waals surface area contributed by atoms with E-state index in [9.17, 15) is 9.59 Å². The number of anilines is 2. The first-order valence-corrected chi connectivity index (χ1v) is 12.9. The summed E-state index contributed by atoms with van der Waals surface area (Å²) < 4.78 is 0. The van der Waals surface area contributed by atoms with E-state index in [0.717, 1.165) is 11.4 Å². The van der Waals surface area contributed by atoms with Gasteiger partial charge in [-0.25, -0.2) is 9.59 Å². The Kier molecular flexibility index (Phi) is 8.47. The van der Waals surface area contributed by atoms with Gasteiger partial charge in [0.05, 0.1) is 22.7 Å². The molecule has 5 rings (SSSR count). The second-order valence-electron chi connectivity index (χ2n) is 9.00. The second kappa shape index (κ2) is 12.9. The number of carbonyl (C=O) groups excluding carboxylic acids is 2. The molecule has 1 heterocycles. The van der Waals surface area contributed by atoms with Gasteiger partial charge in [-0.2, -0.15) is 20.5 Å². The van der Waals surface area contributed by atoms with Crippen LogP contribution in [0.2, 0.25) is 0 Å². The lowest BCUT2D eigenvalue weighted by Crippen LogP contribution is -2.52. The monoisotopic (exact) mass is 532 g/mol. The Morgan fingerprint density at radius 2 is 0.750 bits per heavy atom. The van der Waals surface area contributed by atoms with Gasteiger partial charge in [-0.3, -0.25) is 0 Å². The molecule has 10 heteroatoms. The summed E-state index contributed by atoms with van der Waals surface area (Å²) in [5.41, 5.74) is 4.24. The summed E-state index contributed by atoms with van der Waals surface area (Å²) in [4.78, 5) is 28.9. The Labute approximate surface area is 232 Å². The lowest BCUT2D eigenvalue weighted by Gasteiger charge is -2.34. The van der Waals surface area contributed by atoms with Gasteiger partial charge in [0.1, 0.15) is 0 Å². The number of benzene rings is 4. The normalized spacial score (nSPS) is 13.5. The van der Waals surface area contributed by atoms with Gasteiger partial charge >= 0.3 is 12.1 Å². The maximum atomic E-state index is 12.7. The third-order valence-electron chi connectivity index (χ3n) is 6.17. The van der Waals surface area contributed by atoms with Gasteiger partial charge in [0.2, 0.25) is 0 Å². The molecular weight excluding hydrogens is 504 g/mol. The van der Waals surface area contributed by atoms with Gasteiger partial charge in [0.15, 0.2) is 0 Å². The van der Waals surface area contributed by atoms with Crippen molar-refractivity contribution in [1.82, 2.24) is 9.80 Å².